The third-order valence-corrected chi connectivity index (χ3v) is 3.91. The van der Waals surface area contributed by atoms with Gasteiger partial charge < -0.3 is 5.32 Å². The molecule has 0 spiro atoms. The standard InChI is InChI=1S/C16H15BrF3N/c1-3-21-16(10-5-7-13(18)12(17)8-10)11-6-4-9(2)14(19)15(11)20/h4-8,16,21H,3H2,1-2H3. The van der Waals surface area contributed by atoms with E-state index in [4.69, 9.17) is 0 Å². The van der Waals surface area contributed by atoms with Gasteiger partial charge in [-0.05, 0) is 52.7 Å². The molecule has 2 aromatic carbocycles. The summed E-state index contributed by atoms with van der Waals surface area (Å²) in [6.45, 7) is 3.95. The molecule has 0 saturated heterocycles. The molecule has 5 heteroatoms. The molecule has 0 radical (unpaired) electrons. The van der Waals surface area contributed by atoms with Gasteiger partial charge in [-0.2, -0.15) is 0 Å². The van der Waals surface area contributed by atoms with Crippen molar-refractivity contribution in [2.24, 2.45) is 0 Å². The van der Waals surface area contributed by atoms with Gasteiger partial charge in [-0.15, -0.1) is 0 Å². The normalized spacial score (nSPS) is 12.5. The van der Waals surface area contributed by atoms with Gasteiger partial charge in [0.25, 0.3) is 0 Å². The van der Waals surface area contributed by atoms with E-state index in [9.17, 15) is 13.2 Å². The Bertz CT molecular complexity index is 658. The summed E-state index contributed by atoms with van der Waals surface area (Å²) in [6, 6.07) is 6.98. The highest BCUT2D eigenvalue weighted by atomic mass is 79.9. The second-order valence-corrected chi connectivity index (χ2v) is 5.62. The molecule has 0 aromatic heterocycles. The van der Waals surface area contributed by atoms with Crippen LogP contribution in [0.4, 0.5) is 13.2 Å². The SMILES string of the molecule is CCNC(c1ccc(F)c(Br)c1)c1ccc(C)c(F)c1F. The lowest BCUT2D eigenvalue weighted by Crippen LogP contribution is -2.23. The van der Waals surface area contributed by atoms with Crippen LogP contribution >= 0.6 is 15.9 Å². The van der Waals surface area contributed by atoms with E-state index in [1.54, 1.807) is 18.2 Å². The van der Waals surface area contributed by atoms with Crippen LogP contribution in [0.3, 0.4) is 0 Å². The largest absolute Gasteiger partial charge is 0.306 e. The van der Waals surface area contributed by atoms with Gasteiger partial charge in [-0.3, -0.25) is 0 Å². The zero-order valence-corrected chi connectivity index (χ0v) is 13.3. The number of rotatable bonds is 4. The summed E-state index contributed by atoms with van der Waals surface area (Å²) in [5, 5.41) is 3.10. The Morgan fingerprint density at radius 1 is 1.10 bits per heavy atom. The van der Waals surface area contributed by atoms with Gasteiger partial charge in [0.05, 0.1) is 10.5 Å². The third kappa shape index (κ3) is 3.30. The fraction of sp³-hybridized carbons (Fsp3) is 0.250. The van der Waals surface area contributed by atoms with Crippen molar-refractivity contribution in [1.29, 1.82) is 0 Å². The first kappa shape index (κ1) is 16.0. The molecule has 0 aliphatic rings. The van der Waals surface area contributed by atoms with Gasteiger partial charge in [0.2, 0.25) is 0 Å². The predicted octanol–water partition coefficient (Wildman–Crippen LogP) is 4.87. The van der Waals surface area contributed by atoms with Crippen LogP contribution in [0.15, 0.2) is 34.8 Å². The molecular weight excluding hydrogens is 343 g/mol. The highest BCUT2D eigenvalue weighted by Crippen LogP contribution is 2.29. The molecule has 0 saturated carbocycles. The maximum Gasteiger partial charge on any atom is 0.164 e. The van der Waals surface area contributed by atoms with E-state index in [0.29, 0.717) is 12.1 Å². The van der Waals surface area contributed by atoms with Gasteiger partial charge in [0.1, 0.15) is 5.82 Å². The van der Waals surface area contributed by atoms with E-state index < -0.39 is 23.5 Å². The lowest BCUT2D eigenvalue weighted by Gasteiger charge is -2.20. The van der Waals surface area contributed by atoms with Gasteiger partial charge >= 0.3 is 0 Å². The Labute approximate surface area is 130 Å². The molecule has 0 amide bonds. The van der Waals surface area contributed by atoms with Crippen LogP contribution in [0.5, 0.6) is 0 Å². The first-order chi connectivity index (χ1) is 9.95. The number of hydrogen-bond acceptors (Lipinski definition) is 1. The molecule has 0 bridgehead atoms. The van der Waals surface area contributed by atoms with E-state index in [2.05, 4.69) is 21.2 Å². The number of aryl methyl sites for hydroxylation is 1. The Kier molecular flexibility index (Phi) is 5.06. The summed E-state index contributed by atoms with van der Waals surface area (Å²) >= 11 is 3.11. The zero-order valence-electron chi connectivity index (χ0n) is 11.7. The van der Waals surface area contributed by atoms with Gasteiger partial charge in [0, 0.05) is 5.56 Å². The molecule has 1 N–H and O–H groups in total. The van der Waals surface area contributed by atoms with Crippen molar-refractivity contribution < 1.29 is 13.2 Å². The Hall–Kier alpha value is -1.33. The van der Waals surface area contributed by atoms with Crippen molar-refractivity contribution in [3.05, 3.63) is 68.9 Å². The Morgan fingerprint density at radius 3 is 2.43 bits per heavy atom. The maximum absolute atomic E-state index is 14.2. The van der Waals surface area contributed by atoms with Crippen molar-refractivity contribution in [3.63, 3.8) is 0 Å². The fourth-order valence-corrected chi connectivity index (χ4v) is 2.58. The highest BCUT2D eigenvalue weighted by molar-refractivity contribution is 9.10. The van der Waals surface area contributed by atoms with Crippen LogP contribution in [-0.2, 0) is 0 Å². The van der Waals surface area contributed by atoms with Crippen LogP contribution < -0.4 is 5.32 Å². The average molecular weight is 358 g/mol. The lowest BCUT2D eigenvalue weighted by atomic mass is 9.97. The van der Waals surface area contributed by atoms with E-state index in [-0.39, 0.29) is 15.6 Å². The number of halogens is 4. The first-order valence-corrected chi connectivity index (χ1v) is 7.37. The predicted molar refractivity (Wildman–Crippen MR) is 80.7 cm³/mol. The maximum atomic E-state index is 14.2. The molecule has 0 heterocycles. The topological polar surface area (TPSA) is 12.0 Å². The lowest BCUT2D eigenvalue weighted by molar-refractivity contribution is 0.478. The molecule has 2 aromatic rings. The summed E-state index contributed by atoms with van der Waals surface area (Å²) < 4.78 is 41.6. The van der Waals surface area contributed by atoms with Gasteiger partial charge in [0.15, 0.2) is 11.6 Å². The van der Waals surface area contributed by atoms with Crippen molar-refractivity contribution in [3.8, 4) is 0 Å². The molecule has 2 rings (SSSR count). The molecule has 1 unspecified atom stereocenters. The van der Waals surface area contributed by atoms with Crippen LogP contribution in [0, 0.1) is 24.4 Å². The van der Waals surface area contributed by atoms with E-state index in [1.807, 2.05) is 6.92 Å². The van der Waals surface area contributed by atoms with Crippen molar-refractivity contribution in [2.75, 3.05) is 6.54 Å². The molecule has 1 nitrogen and oxygen atoms in total. The highest BCUT2D eigenvalue weighted by Gasteiger charge is 2.21. The summed E-state index contributed by atoms with van der Waals surface area (Å²) in [7, 11) is 0. The molecule has 1 atom stereocenters. The summed E-state index contributed by atoms with van der Waals surface area (Å²) in [5.41, 5.74) is 1.12. The molecule has 0 fully saturated rings. The van der Waals surface area contributed by atoms with Crippen molar-refractivity contribution >= 4 is 15.9 Å². The summed E-state index contributed by atoms with van der Waals surface area (Å²) in [6.07, 6.45) is 0. The van der Waals surface area contributed by atoms with Crippen molar-refractivity contribution in [1.82, 2.24) is 5.32 Å². The fourth-order valence-electron chi connectivity index (χ4n) is 2.19. The van der Waals surface area contributed by atoms with E-state index >= 15 is 0 Å². The Balaban J connectivity index is 2.53. The molecule has 0 aliphatic carbocycles. The number of benzene rings is 2. The molecule has 21 heavy (non-hydrogen) atoms. The van der Waals surface area contributed by atoms with Gasteiger partial charge in [-0.1, -0.05) is 25.1 Å². The number of hydrogen-bond donors (Lipinski definition) is 1. The van der Waals surface area contributed by atoms with E-state index in [0.717, 1.165) is 0 Å². The second-order valence-electron chi connectivity index (χ2n) is 4.76. The molecule has 112 valence electrons. The summed E-state index contributed by atoms with van der Waals surface area (Å²) in [4.78, 5) is 0. The van der Waals surface area contributed by atoms with E-state index in [1.165, 1.54) is 19.1 Å². The van der Waals surface area contributed by atoms with Crippen LogP contribution in [0.25, 0.3) is 0 Å². The quantitative estimate of drug-likeness (QED) is 0.822. The van der Waals surface area contributed by atoms with Crippen LogP contribution in [0.2, 0.25) is 0 Å². The number of nitrogens with one attached hydrogen (secondary N) is 1. The smallest absolute Gasteiger partial charge is 0.164 e. The van der Waals surface area contributed by atoms with Gasteiger partial charge in [-0.25, -0.2) is 13.2 Å². The second kappa shape index (κ2) is 6.62. The minimum absolute atomic E-state index is 0.207. The average Bonchev–Trinajstić information content (AvgIpc) is 2.46. The summed E-state index contributed by atoms with van der Waals surface area (Å²) in [5.74, 6) is -2.12. The third-order valence-electron chi connectivity index (χ3n) is 3.30. The minimum atomic E-state index is -0.874. The van der Waals surface area contributed by atoms with Crippen LogP contribution in [0.1, 0.15) is 29.7 Å². The Morgan fingerprint density at radius 2 is 1.81 bits per heavy atom. The minimum Gasteiger partial charge on any atom is -0.306 e. The zero-order chi connectivity index (χ0) is 15.6. The van der Waals surface area contributed by atoms with Crippen LogP contribution in [-0.4, -0.2) is 6.54 Å². The molecule has 0 aliphatic heterocycles. The first-order valence-electron chi connectivity index (χ1n) is 6.58. The molecular formula is C16H15BrF3N. The van der Waals surface area contributed by atoms with Crippen molar-refractivity contribution in [2.45, 2.75) is 19.9 Å². The monoisotopic (exact) mass is 357 g/mol.